The second kappa shape index (κ2) is 3.83. The summed E-state index contributed by atoms with van der Waals surface area (Å²) in [4.78, 5) is 11.7. The third-order valence-electron chi connectivity index (χ3n) is 2.45. The van der Waals surface area contributed by atoms with Crippen molar-refractivity contribution in [3.05, 3.63) is 29.8 Å². The number of benzene rings is 1. The van der Waals surface area contributed by atoms with Crippen LogP contribution in [0.15, 0.2) is 29.4 Å². The molecule has 1 aliphatic heterocycles. The first-order chi connectivity index (χ1) is 7.96. The van der Waals surface area contributed by atoms with Gasteiger partial charge in [0.1, 0.15) is 0 Å². The Labute approximate surface area is 97.7 Å². The Morgan fingerprint density at radius 1 is 1.29 bits per heavy atom. The molecule has 0 unspecified atom stereocenters. The summed E-state index contributed by atoms with van der Waals surface area (Å²) in [6, 6.07) is 6.90. The molecule has 6 nitrogen and oxygen atoms in total. The maximum absolute atomic E-state index is 11.7. The Hall–Kier alpha value is -1.92. The van der Waals surface area contributed by atoms with Gasteiger partial charge in [-0.25, -0.2) is 0 Å². The number of nitrogens with zero attached hydrogens (tertiary/aromatic N) is 2. The van der Waals surface area contributed by atoms with Crippen LogP contribution in [0.3, 0.4) is 0 Å². The number of methoxy groups -OCH3 is 1. The molecule has 1 aromatic rings. The normalized spacial score (nSPS) is 18.2. The number of aryl methyl sites for hydroxylation is 1. The molecular formula is C11H12N2O4. The molecule has 0 saturated carbocycles. The summed E-state index contributed by atoms with van der Waals surface area (Å²) in [7, 11) is 1.21. The lowest BCUT2D eigenvalue weighted by atomic mass is 10.2. The van der Waals surface area contributed by atoms with Gasteiger partial charge in [-0.2, -0.15) is 5.01 Å². The topological polar surface area (TPSA) is 82.4 Å². The van der Waals surface area contributed by atoms with Crippen LogP contribution >= 0.6 is 0 Å². The van der Waals surface area contributed by atoms with E-state index in [0.717, 1.165) is 10.6 Å². The molecule has 0 spiro atoms. The number of ether oxygens (including phenoxy) is 1. The van der Waals surface area contributed by atoms with E-state index in [0.29, 0.717) is 5.69 Å². The fourth-order valence-electron chi connectivity index (χ4n) is 1.49. The van der Waals surface area contributed by atoms with Gasteiger partial charge in [-0.3, -0.25) is 4.79 Å². The highest BCUT2D eigenvalue weighted by Crippen LogP contribution is 2.25. The number of carbonyl (C=O) groups excluding carboxylic acids is 1. The lowest BCUT2D eigenvalue weighted by Gasteiger charge is -2.15. The summed E-state index contributed by atoms with van der Waals surface area (Å²) in [5, 5.41) is 23.7. The molecule has 0 saturated heterocycles. The number of amides is 1. The monoisotopic (exact) mass is 236 g/mol. The molecule has 0 fully saturated rings. The molecule has 1 heterocycles. The smallest absolute Gasteiger partial charge is 0.328 e. The Morgan fingerprint density at radius 3 is 2.35 bits per heavy atom. The SMILES string of the molecule is COC1=NN(c2ccc(C)cc2)C(=O)C1(O)O. The number of hydrogen-bond acceptors (Lipinski definition) is 5. The van der Waals surface area contributed by atoms with E-state index >= 15 is 0 Å². The van der Waals surface area contributed by atoms with E-state index in [1.54, 1.807) is 24.3 Å². The van der Waals surface area contributed by atoms with Gasteiger partial charge >= 0.3 is 11.7 Å². The van der Waals surface area contributed by atoms with Gasteiger partial charge in [0.15, 0.2) is 0 Å². The predicted molar refractivity (Wildman–Crippen MR) is 60.3 cm³/mol. The highest BCUT2D eigenvalue weighted by atomic mass is 16.6. The lowest BCUT2D eigenvalue weighted by molar-refractivity contribution is -0.159. The summed E-state index contributed by atoms with van der Waals surface area (Å²) < 4.78 is 4.66. The molecule has 1 aromatic carbocycles. The average molecular weight is 236 g/mol. The molecule has 0 aromatic heterocycles. The maximum Gasteiger partial charge on any atom is 0.328 e. The first-order valence-electron chi connectivity index (χ1n) is 4.96. The van der Waals surface area contributed by atoms with Gasteiger partial charge in [-0.1, -0.05) is 17.7 Å². The zero-order valence-corrected chi connectivity index (χ0v) is 9.41. The maximum atomic E-state index is 11.7. The first kappa shape index (κ1) is 11.6. The van der Waals surface area contributed by atoms with Crippen molar-refractivity contribution in [3.8, 4) is 0 Å². The van der Waals surface area contributed by atoms with Gasteiger partial charge in [0, 0.05) is 0 Å². The van der Waals surface area contributed by atoms with Crippen LogP contribution in [-0.4, -0.2) is 34.9 Å². The van der Waals surface area contributed by atoms with Crippen LogP contribution in [0.1, 0.15) is 5.56 Å². The Morgan fingerprint density at radius 2 is 1.88 bits per heavy atom. The molecule has 2 rings (SSSR count). The third kappa shape index (κ3) is 1.77. The minimum absolute atomic E-state index is 0.442. The molecule has 0 atom stereocenters. The van der Waals surface area contributed by atoms with Crippen LogP contribution < -0.4 is 5.01 Å². The van der Waals surface area contributed by atoms with E-state index in [-0.39, 0.29) is 0 Å². The zero-order chi connectivity index (χ0) is 12.6. The van der Waals surface area contributed by atoms with Crippen molar-refractivity contribution < 1.29 is 19.7 Å². The fourth-order valence-corrected chi connectivity index (χ4v) is 1.49. The van der Waals surface area contributed by atoms with Gasteiger partial charge in [0.25, 0.3) is 5.90 Å². The van der Waals surface area contributed by atoms with Crippen LogP contribution in [0.25, 0.3) is 0 Å². The van der Waals surface area contributed by atoms with Gasteiger partial charge in [-0.15, -0.1) is 5.10 Å². The van der Waals surface area contributed by atoms with Gasteiger partial charge in [-0.05, 0) is 19.1 Å². The molecule has 1 amide bonds. The fraction of sp³-hybridized carbons (Fsp3) is 0.273. The van der Waals surface area contributed by atoms with Crippen LogP contribution in [0.4, 0.5) is 5.69 Å². The average Bonchev–Trinajstić information content (AvgIpc) is 2.52. The lowest BCUT2D eigenvalue weighted by Crippen LogP contribution is -2.46. The first-order valence-corrected chi connectivity index (χ1v) is 4.96. The van der Waals surface area contributed by atoms with Crippen LogP contribution in [0.2, 0.25) is 0 Å². The van der Waals surface area contributed by atoms with E-state index in [2.05, 4.69) is 9.84 Å². The Kier molecular flexibility index (Phi) is 2.60. The Balaban J connectivity index is 2.39. The van der Waals surface area contributed by atoms with E-state index in [1.807, 2.05) is 6.92 Å². The Bertz CT molecular complexity index is 479. The van der Waals surface area contributed by atoms with Crippen molar-refractivity contribution in [2.75, 3.05) is 12.1 Å². The van der Waals surface area contributed by atoms with E-state index < -0.39 is 17.6 Å². The zero-order valence-electron chi connectivity index (χ0n) is 9.41. The second-order valence-electron chi connectivity index (χ2n) is 3.73. The number of carbonyl (C=O) groups is 1. The van der Waals surface area contributed by atoms with Crippen molar-refractivity contribution in [1.29, 1.82) is 0 Å². The molecular weight excluding hydrogens is 224 g/mol. The molecule has 90 valence electrons. The minimum atomic E-state index is -2.69. The van der Waals surface area contributed by atoms with E-state index in [4.69, 9.17) is 0 Å². The van der Waals surface area contributed by atoms with Gasteiger partial charge in [0.05, 0.1) is 12.8 Å². The molecule has 0 bridgehead atoms. The van der Waals surface area contributed by atoms with Crippen LogP contribution in [0.5, 0.6) is 0 Å². The highest BCUT2D eigenvalue weighted by molar-refractivity contribution is 6.17. The summed E-state index contributed by atoms with van der Waals surface area (Å²) in [6.45, 7) is 1.90. The van der Waals surface area contributed by atoms with Crippen molar-refractivity contribution in [2.24, 2.45) is 5.10 Å². The molecule has 2 N–H and O–H groups in total. The van der Waals surface area contributed by atoms with E-state index in [1.165, 1.54) is 7.11 Å². The molecule has 6 heteroatoms. The van der Waals surface area contributed by atoms with Crippen molar-refractivity contribution in [3.63, 3.8) is 0 Å². The van der Waals surface area contributed by atoms with Crippen molar-refractivity contribution >= 4 is 17.5 Å². The summed E-state index contributed by atoms with van der Waals surface area (Å²) in [5.74, 6) is -4.10. The van der Waals surface area contributed by atoms with Crippen LogP contribution in [-0.2, 0) is 9.53 Å². The molecule has 1 aliphatic rings. The number of rotatable bonds is 1. The summed E-state index contributed by atoms with van der Waals surface area (Å²) in [6.07, 6.45) is 0. The third-order valence-corrected chi connectivity index (χ3v) is 2.45. The van der Waals surface area contributed by atoms with Crippen molar-refractivity contribution in [2.45, 2.75) is 12.7 Å². The molecule has 17 heavy (non-hydrogen) atoms. The predicted octanol–water partition coefficient (Wildman–Crippen LogP) is -0.0176. The number of anilines is 1. The quantitative estimate of drug-likeness (QED) is 0.671. The van der Waals surface area contributed by atoms with Gasteiger partial charge < -0.3 is 14.9 Å². The van der Waals surface area contributed by atoms with Gasteiger partial charge in [0.2, 0.25) is 0 Å². The van der Waals surface area contributed by atoms with Crippen molar-refractivity contribution in [1.82, 2.24) is 0 Å². The summed E-state index contributed by atoms with van der Waals surface area (Å²) >= 11 is 0. The number of hydrogen-bond donors (Lipinski definition) is 2. The second-order valence-corrected chi connectivity index (χ2v) is 3.73. The highest BCUT2D eigenvalue weighted by Gasteiger charge is 2.51. The molecule has 0 aliphatic carbocycles. The number of hydrazone groups is 1. The van der Waals surface area contributed by atoms with E-state index in [9.17, 15) is 15.0 Å². The summed E-state index contributed by atoms with van der Waals surface area (Å²) in [5.41, 5.74) is 1.47. The molecule has 0 radical (unpaired) electrons. The minimum Gasteiger partial charge on any atom is -0.479 e. The number of aliphatic hydroxyl groups is 2. The van der Waals surface area contributed by atoms with Crippen LogP contribution in [0, 0.1) is 6.92 Å². The largest absolute Gasteiger partial charge is 0.479 e. The standard InChI is InChI=1S/C11H12N2O4/c1-7-3-5-8(6-4-7)13-10(14)11(15,16)9(12-13)17-2/h3-6,15-16H,1-2H3.